The normalized spacial score (nSPS) is 10.7. The Hall–Kier alpha value is -1.53. The molecule has 0 aliphatic carbocycles. The van der Waals surface area contributed by atoms with E-state index in [-0.39, 0.29) is 5.97 Å². The van der Waals surface area contributed by atoms with E-state index in [0.29, 0.717) is 9.52 Å². The predicted octanol–water partition coefficient (Wildman–Crippen LogP) is 4.22. The highest BCUT2D eigenvalue weighted by atomic mass is 32.1. The van der Waals surface area contributed by atoms with Gasteiger partial charge >= 0.3 is 5.97 Å². The molecule has 6 heteroatoms. The number of thiophene rings is 1. The summed E-state index contributed by atoms with van der Waals surface area (Å²) in [5.74, 6) is 0.528. The van der Waals surface area contributed by atoms with Crippen LogP contribution in [0.15, 0.2) is 5.38 Å². The highest BCUT2D eigenvalue weighted by Gasteiger charge is 2.21. The van der Waals surface area contributed by atoms with Crippen LogP contribution in [0.1, 0.15) is 40.0 Å². The fourth-order valence-corrected chi connectivity index (χ4v) is 3.37. The van der Waals surface area contributed by atoms with Crippen molar-refractivity contribution in [3.8, 4) is 11.3 Å². The number of methoxy groups -OCH3 is 1. The Morgan fingerprint density at radius 1 is 1.48 bits per heavy atom. The molecule has 0 aromatic carbocycles. The number of nitrogens with zero attached hydrogens (tertiary/aromatic N) is 1. The highest BCUT2D eigenvalue weighted by Crippen LogP contribution is 2.34. The summed E-state index contributed by atoms with van der Waals surface area (Å²) in [5, 5.41) is 1.96. The zero-order chi connectivity index (χ0) is 15.6. The lowest BCUT2D eigenvalue weighted by Crippen LogP contribution is -2.05. The van der Waals surface area contributed by atoms with Crippen LogP contribution in [0.3, 0.4) is 0 Å². The van der Waals surface area contributed by atoms with Gasteiger partial charge in [-0.2, -0.15) is 0 Å². The molecule has 0 atom stereocenters. The molecule has 0 amide bonds. The predicted molar refractivity (Wildman–Crippen MR) is 87.5 cm³/mol. The number of esters is 1. The Labute approximate surface area is 133 Å². The minimum Gasteiger partial charge on any atom is -0.465 e. The van der Waals surface area contributed by atoms with E-state index < -0.39 is 0 Å². The maximum Gasteiger partial charge on any atom is 0.348 e. The van der Waals surface area contributed by atoms with Crippen LogP contribution in [0.2, 0.25) is 0 Å². The van der Waals surface area contributed by atoms with Crippen molar-refractivity contribution in [2.24, 2.45) is 0 Å². The smallest absolute Gasteiger partial charge is 0.348 e. The van der Waals surface area contributed by atoms with E-state index in [1.54, 1.807) is 0 Å². The molecule has 1 N–H and O–H groups in total. The number of H-pyrrole nitrogens is 1. The van der Waals surface area contributed by atoms with Crippen molar-refractivity contribution in [2.45, 2.75) is 33.6 Å². The number of hydrogen-bond donors (Lipinski definition) is 1. The minimum absolute atomic E-state index is 0.323. The molecule has 0 saturated heterocycles. The number of rotatable bonds is 4. The Morgan fingerprint density at radius 2 is 2.19 bits per heavy atom. The number of ether oxygens (including phenoxy) is 1. The number of nitrogens with one attached hydrogen (secondary N) is 1. The maximum absolute atomic E-state index is 12.0. The molecule has 2 rings (SSSR count). The summed E-state index contributed by atoms with van der Waals surface area (Å²) in [5.41, 5.74) is 3.66. The number of hydrogen-bond acceptors (Lipinski definition) is 5. The quantitative estimate of drug-likeness (QED) is 0.676. The van der Waals surface area contributed by atoms with Crippen LogP contribution in [0.4, 0.5) is 0 Å². The first-order chi connectivity index (χ1) is 9.99. The van der Waals surface area contributed by atoms with Crippen molar-refractivity contribution in [3.05, 3.63) is 31.8 Å². The molecule has 2 aromatic rings. The second-order valence-electron chi connectivity index (χ2n) is 4.85. The van der Waals surface area contributed by atoms with Crippen molar-refractivity contribution in [2.75, 3.05) is 7.11 Å². The van der Waals surface area contributed by atoms with Gasteiger partial charge in [-0.15, -0.1) is 11.3 Å². The van der Waals surface area contributed by atoms with E-state index in [1.165, 1.54) is 18.4 Å². The van der Waals surface area contributed by atoms with Crippen molar-refractivity contribution in [1.82, 2.24) is 9.97 Å². The van der Waals surface area contributed by atoms with Crippen LogP contribution in [0.25, 0.3) is 11.3 Å². The molecular formula is C15H18N2O2S2. The van der Waals surface area contributed by atoms with Gasteiger partial charge in [0.2, 0.25) is 0 Å². The molecule has 0 fully saturated rings. The van der Waals surface area contributed by atoms with Crippen molar-refractivity contribution in [3.63, 3.8) is 0 Å². The first-order valence-corrected chi connectivity index (χ1v) is 8.04. The van der Waals surface area contributed by atoms with Gasteiger partial charge in [0, 0.05) is 17.5 Å². The molecular weight excluding hydrogens is 304 g/mol. The summed E-state index contributed by atoms with van der Waals surface area (Å²) >= 11 is 6.74. The monoisotopic (exact) mass is 322 g/mol. The number of carbonyl (C=O) groups excluding carboxylic acids is 1. The second-order valence-corrected chi connectivity index (χ2v) is 6.12. The van der Waals surface area contributed by atoms with Crippen LogP contribution in [-0.2, 0) is 11.2 Å². The van der Waals surface area contributed by atoms with E-state index in [0.717, 1.165) is 41.1 Å². The van der Waals surface area contributed by atoms with E-state index >= 15 is 0 Å². The molecule has 21 heavy (non-hydrogen) atoms. The Morgan fingerprint density at radius 3 is 2.81 bits per heavy atom. The third kappa shape index (κ3) is 3.06. The fourth-order valence-electron chi connectivity index (χ4n) is 2.18. The van der Waals surface area contributed by atoms with E-state index in [4.69, 9.17) is 17.0 Å². The largest absolute Gasteiger partial charge is 0.465 e. The second kappa shape index (κ2) is 6.49. The van der Waals surface area contributed by atoms with Gasteiger partial charge in [-0.3, -0.25) is 0 Å². The fraction of sp³-hybridized carbons (Fsp3) is 0.400. The summed E-state index contributed by atoms with van der Waals surface area (Å²) in [6.45, 7) is 6.00. The molecule has 0 radical (unpaired) electrons. The average Bonchev–Trinajstić information content (AvgIpc) is 2.84. The van der Waals surface area contributed by atoms with Gasteiger partial charge in [0.1, 0.15) is 15.3 Å². The lowest BCUT2D eigenvalue weighted by molar-refractivity contribution is 0.0607. The number of aryl methyl sites for hydroxylation is 2. The van der Waals surface area contributed by atoms with E-state index in [1.807, 2.05) is 19.2 Å². The van der Waals surface area contributed by atoms with Crippen LogP contribution in [0.5, 0.6) is 0 Å². The minimum atomic E-state index is -0.323. The third-order valence-electron chi connectivity index (χ3n) is 3.28. The first kappa shape index (κ1) is 15.9. The molecule has 2 heterocycles. The van der Waals surface area contributed by atoms with Gasteiger partial charge in [-0.05, 0) is 31.2 Å². The van der Waals surface area contributed by atoms with Gasteiger partial charge in [0.15, 0.2) is 0 Å². The molecule has 2 aromatic heterocycles. The molecule has 4 nitrogen and oxygen atoms in total. The average molecular weight is 322 g/mol. The zero-order valence-electron chi connectivity index (χ0n) is 12.6. The van der Waals surface area contributed by atoms with E-state index in [9.17, 15) is 4.79 Å². The molecule has 0 bridgehead atoms. The van der Waals surface area contributed by atoms with Crippen LogP contribution in [0, 0.1) is 18.5 Å². The standard InChI is InChI=1S/C15H18N2O2S2/c1-5-6-10-16-12(9(3)14(20)17-10)11-8(2)7-21-13(11)15(18)19-4/h7H,5-6H2,1-4H3,(H,16,17,20). The van der Waals surface area contributed by atoms with Crippen LogP contribution >= 0.6 is 23.6 Å². The molecule has 112 valence electrons. The highest BCUT2D eigenvalue weighted by molar-refractivity contribution is 7.71. The first-order valence-electron chi connectivity index (χ1n) is 6.76. The molecule has 0 unspecified atom stereocenters. The molecule has 0 spiro atoms. The van der Waals surface area contributed by atoms with Crippen LogP contribution in [-0.4, -0.2) is 23.0 Å². The molecule has 0 saturated carbocycles. The maximum atomic E-state index is 12.0. The van der Waals surface area contributed by atoms with E-state index in [2.05, 4.69) is 16.9 Å². The lowest BCUT2D eigenvalue weighted by Gasteiger charge is -2.11. The van der Waals surface area contributed by atoms with Gasteiger partial charge < -0.3 is 9.72 Å². The van der Waals surface area contributed by atoms with Crippen LogP contribution < -0.4 is 0 Å². The lowest BCUT2D eigenvalue weighted by atomic mass is 10.0. The third-order valence-corrected chi connectivity index (χ3v) is 4.76. The summed E-state index contributed by atoms with van der Waals surface area (Å²) < 4.78 is 5.45. The Balaban J connectivity index is 2.69. The zero-order valence-corrected chi connectivity index (χ0v) is 14.2. The molecule has 0 aliphatic heterocycles. The van der Waals surface area contributed by atoms with Gasteiger partial charge in [-0.1, -0.05) is 19.1 Å². The SMILES string of the molecule is CCCc1nc(=S)c(C)c(-c2c(C)csc2C(=O)OC)[nH]1. The number of aromatic amines is 1. The van der Waals surface area contributed by atoms with Crippen molar-refractivity contribution in [1.29, 1.82) is 0 Å². The van der Waals surface area contributed by atoms with Crippen molar-refractivity contribution < 1.29 is 9.53 Å². The summed E-state index contributed by atoms with van der Waals surface area (Å²) in [6.07, 6.45) is 1.81. The molecule has 0 aliphatic rings. The summed E-state index contributed by atoms with van der Waals surface area (Å²) in [4.78, 5) is 20.3. The van der Waals surface area contributed by atoms with Gasteiger partial charge in [-0.25, -0.2) is 9.78 Å². The number of aromatic nitrogens is 2. The summed E-state index contributed by atoms with van der Waals surface area (Å²) in [6, 6.07) is 0. The van der Waals surface area contributed by atoms with Crippen molar-refractivity contribution >= 4 is 29.5 Å². The van der Waals surface area contributed by atoms with Gasteiger partial charge in [0.05, 0.1) is 12.8 Å². The number of carbonyl (C=O) groups is 1. The summed E-state index contributed by atoms with van der Waals surface area (Å²) in [7, 11) is 1.39. The topological polar surface area (TPSA) is 55.0 Å². The Kier molecular flexibility index (Phi) is 4.90. The van der Waals surface area contributed by atoms with Gasteiger partial charge in [0.25, 0.3) is 0 Å². The Bertz CT molecular complexity index is 732.